The van der Waals surface area contributed by atoms with Gasteiger partial charge in [0.1, 0.15) is 5.75 Å². The van der Waals surface area contributed by atoms with Gasteiger partial charge in [-0.05, 0) is 40.1 Å². The summed E-state index contributed by atoms with van der Waals surface area (Å²) in [6.07, 6.45) is 0.176. The molecule has 4 aromatic rings. The van der Waals surface area contributed by atoms with Gasteiger partial charge in [0, 0.05) is 17.7 Å². The minimum absolute atomic E-state index is 0.0414. The molecule has 0 saturated heterocycles. The van der Waals surface area contributed by atoms with E-state index in [1.165, 1.54) is 12.1 Å². The monoisotopic (exact) mass is 412 g/mol. The number of hydrogen-bond donors (Lipinski definition) is 2. The zero-order valence-electron chi connectivity index (χ0n) is 16.6. The molecule has 6 nitrogen and oxygen atoms in total. The van der Waals surface area contributed by atoms with Crippen molar-refractivity contribution < 1.29 is 14.8 Å². The van der Waals surface area contributed by atoms with Crippen molar-refractivity contribution in [2.45, 2.75) is 12.5 Å². The molecule has 0 aliphatic rings. The van der Waals surface area contributed by atoms with Gasteiger partial charge in [0.15, 0.2) is 0 Å². The van der Waals surface area contributed by atoms with Gasteiger partial charge in [0.05, 0.1) is 17.4 Å². The summed E-state index contributed by atoms with van der Waals surface area (Å²) in [5, 5.41) is 26.5. The highest BCUT2D eigenvalue weighted by Crippen LogP contribution is 2.36. The van der Waals surface area contributed by atoms with Crippen LogP contribution in [0, 0.1) is 10.1 Å². The van der Waals surface area contributed by atoms with Crippen LogP contribution in [0.5, 0.6) is 5.75 Å². The second-order valence-electron chi connectivity index (χ2n) is 7.23. The molecule has 0 aromatic heterocycles. The summed E-state index contributed by atoms with van der Waals surface area (Å²) >= 11 is 0. The van der Waals surface area contributed by atoms with Crippen molar-refractivity contribution in [2.24, 2.45) is 0 Å². The van der Waals surface area contributed by atoms with Crippen LogP contribution in [0.25, 0.3) is 10.8 Å². The summed E-state index contributed by atoms with van der Waals surface area (Å²) in [5.41, 5.74) is 2.01. The summed E-state index contributed by atoms with van der Waals surface area (Å²) in [6.45, 7) is 0. The Hall–Kier alpha value is -4.19. The molecule has 4 aromatic carbocycles. The summed E-state index contributed by atoms with van der Waals surface area (Å²) < 4.78 is 0. The van der Waals surface area contributed by atoms with Gasteiger partial charge in [-0.1, -0.05) is 60.7 Å². The zero-order chi connectivity index (χ0) is 21.8. The molecule has 154 valence electrons. The second-order valence-corrected chi connectivity index (χ2v) is 7.23. The van der Waals surface area contributed by atoms with Crippen LogP contribution in [0.2, 0.25) is 0 Å². The molecule has 0 heterocycles. The number of carbonyl (C=O) groups excluding carboxylic acids is 1. The standard InChI is InChI=1S/C25H20N2O4/c28-22-15-12-18-8-4-5-9-21(18)24(22)25(19-10-13-20(14-11-19)27(30)31)26-23(29)16-17-6-2-1-3-7-17/h1-15,25,28H,16H2,(H,26,29)/t25-/m1/s1. The largest absolute Gasteiger partial charge is 0.508 e. The predicted molar refractivity (Wildman–Crippen MR) is 119 cm³/mol. The molecule has 1 amide bonds. The van der Waals surface area contributed by atoms with Crippen molar-refractivity contribution in [1.29, 1.82) is 0 Å². The fourth-order valence-corrected chi connectivity index (χ4v) is 3.69. The summed E-state index contributed by atoms with van der Waals surface area (Å²) in [5.74, 6) is -0.177. The Bertz CT molecular complexity index is 1240. The highest BCUT2D eigenvalue weighted by atomic mass is 16.6. The lowest BCUT2D eigenvalue weighted by atomic mass is 9.92. The number of benzene rings is 4. The number of rotatable bonds is 6. The van der Waals surface area contributed by atoms with E-state index in [9.17, 15) is 20.0 Å². The molecule has 0 unspecified atom stereocenters. The third-order valence-electron chi connectivity index (χ3n) is 5.19. The number of phenolic OH excluding ortho intramolecular Hbond substituents is 1. The van der Waals surface area contributed by atoms with E-state index in [1.54, 1.807) is 18.2 Å². The lowest BCUT2D eigenvalue weighted by Gasteiger charge is -2.22. The van der Waals surface area contributed by atoms with Gasteiger partial charge in [-0.3, -0.25) is 14.9 Å². The highest BCUT2D eigenvalue weighted by molar-refractivity contribution is 5.89. The first-order valence-corrected chi connectivity index (χ1v) is 9.81. The molecule has 1 atom stereocenters. The smallest absolute Gasteiger partial charge is 0.269 e. The minimum atomic E-state index is -0.678. The number of nitrogens with zero attached hydrogens (tertiary/aromatic N) is 1. The van der Waals surface area contributed by atoms with Gasteiger partial charge in [0.25, 0.3) is 5.69 Å². The molecule has 0 radical (unpaired) electrons. The van der Waals surface area contributed by atoms with Crippen LogP contribution >= 0.6 is 0 Å². The van der Waals surface area contributed by atoms with E-state index in [0.29, 0.717) is 11.1 Å². The van der Waals surface area contributed by atoms with E-state index in [-0.39, 0.29) is 23.8 Å². The predicted octanol–water partition coefficient (Wildman–Crippen LogP) is 4.90. The molecule has 2 N–H and O–H groups in total. The summed E-state index contributed by atoms with van der Waals surface area (Å²) in [7, 11) is 0. The van der Waals surface area contributed by atoms with Gasteiger partial charge < -0.3 is 10.4 Å². The Labute approximate surface area is 178 Å². The lowest BCUT2D eigenvalue weighted by molar-refractivity contribution is -0.384. The van der Waals surface area contributed by atoms with Crippen molar-refractivity contribution in [3.63, 3.8) is 0 Å². The van der Waals surface area contributed by atoms with E-state index in [2.05, 4.69) is 5.32 Å². The quantitative estimate of drug-likeness (QED) is 0.348. The first-order valence-electron chi connectivity index (χ1n) is 9.81. The number of amides is 1. The number of hydrogen-bond acceptors (Lipinski definition) is 4. The molecule has 0 aliphatic heterocycles. The SMILES string of the molecule is O=C(Cc1ccccc1)N[C@H](c1ccc([N+](=O)[O-])cc1)c1c(O)ccc2ccccc12. The molecule has 0 fully saturated rings. The number of non-ortho nitro benzene ring substituents is 1. The number of aromatic hydroxyl groups is 1. The van der Waals surface area contributed by atoms with Gasteiger partial charge in [-0.15, -0.1) is 0 Å². The zero-order valence-corrected chi connectivity index (χ0v) is 16.6. The van der Waals surface area contributed by atoms with Crippen LogP contribution < -0.4 is 5.32 Å². The Morgan fingerprint density at radius 1 is 0.903 bits per heavy atom. The van der Waals surface area contributed by atoms with E-state index in [4.69, 9.17) is 0 Å². The molecule has 0 spiro atoms. The maximum absolute atomic E-state index is 12.9. The number of phenols is 1. The van der Waals surface area contributed by atoms with Gasteiger partial charge in [-0.2, -0.15) is 0 Å². The Morgan fingerprint density at radius 2 is 1.58 bits per heavy atom. The second kappa shape index (κ2) is 8.67. The molecular weight excluding hydrogens is 392 g/mol. The number of nitro groups is 1. The van der Waals surface area contributed by atoms with Crippen LogP contribution in [-0.4, -0.2) is 15.9 Å². The lowest BCUT2D eigenvalue weighted by Crippen LogP contribution is -2.30. The van der Waals surface area contributed by atoms with Gasteiger partial charge in [0.2, 0.25) is 5.91 Å². The summed E-state index contributed by atoms with van der Waals surface area (Å²) in [6, 6.07) is 25.7. The van der Waals surface area contributed by atoms with Crippen molar-refractivity contribution >= 4 is 22.4 Å². The fraction of sp³-hybridized carbons (Fsp3) is 0.0800. The van der Waals surface area contributed by atoms with Crippen molar-refractivity contribution in [1.82, 2.24) is 5.32 Å². The number of carbonyl (C=O) groups is 1. The van der Waals surface area contributed by atoms with Gasteiger partial charge in [-0.25, -0.2) is 0 Å². The Morgan fingerprint density at radius 3 is 2.29 bits per heavy atom. The Kier molecular flexibility index (Phi) is 5.62. The van der Waals surface area contributed by atoms with E-state index >= 15 is 0 Å². The van der Waals surface area contributed by atoms with Crippen LogP contribution in [0.15, 0.2) is 91.0 Å². The maximum atomic E-state index is 12.9. The van der Waals surface area contributed by atoms with Crippen molar-refractivity contribution in [2.75, 3.05) is 0 Å². The Balaban J connectivity index is 1.77. The van der Waals surface area contributed by atoms with Crippen LogP contribution in [0.1, 0.15) is 22.7 Å². The van der Waals surface area contributed by atoms with E-state index < -0.39 is 11.0 Å². The highest BCUT2D eigenvalue weighted by Gasteiger charge is 2.23. The number of fused-ring (bicyclic) bond motifs is 1. The van der Waals surface area contributed by atoms with Crippen LogP contribution in [0.4, 0.5) is 5.69 Å². The van der Waals surface area contributed by atoms with Crippen LogP contribution in [-0.2, 0) is 11.2 Å². The first kappa shape index (κ1) is 20.1. The average molecular weight is 412 g/mol. The minimum Gasteiger partial charge on any atom is -0.508 e. The molecular formula is C25H20N2O4. The third-order valence-corrected chi connectivity index (χ3v) is 5.19. The molecule has 6 heteroatoms. The third kappa shape index (κ3) is 4.38. The molecule has 31 heavy (non-hydrogen) atoms. The molecule has 0 bridgehead atoms. The maximum Gasteiger partial charge on any atom is 0.269 e. The van der Waals surface area contributed by atoms with E-state index in [1.807, 2.05) is 60.7 Å². The first-order chi connectivity index (χ1) is 15.0. The normalized spacial score (nSPS) is 11.7. The molecule has 4 rings (SSSR count). The average Bonchev–Trinajstić information content (AvgIpc) is 2.78. The van der Waals surface area contributed by atoms with Crippen LogP contribution in [0.3, 0.4) is 0 Å². The number of nitro benzene ring substituents is 1. The van der Waals surface area contributed by atoms with E-state index in [0.717, 1.165) is 16.3 Å². The number of nitrogens with one attached hydrogen (secondary N) is 1. The molecule has 0 aliphatic carbocycles. The topological polar surface area (TPSA) is 92.5 Å². The van der Waals surface area contributed by atoms with Crippen molar-refractivity contribution in [3.05, 3.63) is 118 Å². The fourth-order valence-electron chi connectivity index (χ4n) is 3.69. The summed E-state index contributed by atoms with van der Waals surface area (Å²) in [4.78, 5) is 23.5. The van der Waals surface area contributed by atoms with Gasteiger partial charge >= 0.3 is 0 Å². The van der Waals surface area contributed by atoms with Crippen molar-refractivity contribution in [3.8, 4) is 5.75 Å². The molecule has 0 saturated carbocycles.